The maximum atomic E-state index is 11.8. The Kier molecular flexibility index (Phi) is 7.18. The molecule has 1 aromatic carbocycles. The van der Waals surface area contributed by atoms with Crippen LogP contribution in [0.5, 0.6) is 0 Å². The second-order valence-corrected chi connectivity index (χ2v) is 4.73. The molecule has 0 aliphatic heterocycles. The minimum atomic E-state index is -0.684. The van der Waals surface area contributed by atoms with E-state index in [0.717, 1.165) is 0 Å². The van der Waals surface area contributed by atoms with E-state index in [1.807, 2.05) is 0 Å². The van der Waals surface area contributed by atoms with Gasteiger partial charge in [-0.1, -0.05) is 34.4 Å². The summed E-state index contributed by atoms with van der Waals surface area (Å²) in [6, 6.07) is 4.21. The molecular formula is C12H14Cl2N4O2. The molecule has 0 spiro atoms. The lowest BCUT2D eigenvalue weighted by molar-refractivity contribution is -0.143. The number of carbonyl (C=O) groups is 1. The van der Waals surface area contributed by atoms with E-state index in [1.165, 1.54) is 7.11 Å². The van der Waals surface area contributed by atoms with Crippen LogP contribution in [0.25, 0.3) is 10.4 Å². The van der Waals surface area contributed by atoms with Crippen molar-refractivity contribution in [2.75, 3.05) is 20.2 Å². The number of nitrogens with one attached hydrogen (secondary N) is 1. The van der Waals surface area contributed by atoms with E-state index in [4.69, 9.17) is 33.5 Å². The molecular weight excluding hydrogens is 303 g/mol. The van der Waals surface area contributed by atoms with Crippen LogP contribution in [-0.2, 0) is 9.53 Å². The summed E-state index contributed by atoms with van der Waals surface area (Å²) in [7, 11) is 1.31. The number of ether oxygens (including phenoxy) is 1. The Bertz CT molecular complexity index is 518. The second-order valence-electron chi connectivity index (χ2n) is 3.88. The molecule has 1 N–H and O–H groups in total. The number of hydrogen-bond donors (Lipinski definition) is 1. The fraction of sp³-hybridized carbons (Fsp3) is 0.417. The van der Waals surface area contributed by atoms with Gasteiger partial charge in [-0.25, -0.2) is 4.79 Å². The quantitative estimate of drug-likeness (QED) is 0.274. The molecule has 1 rings (SSSR count). The van der Waals surface area contributed by atoms with Crippen molar-refractivity contribution in [1.82, 2.24) is 5.32 Å². The maximum Gasteiger partial charge on any atom is 0.327 e. The zero-order valence-corrected chi connectivity index (χ0v) is 12.4. The molecule has 108 valence electrons. The number of hydrogen-bond acceptors (Lipinski definition) is 4. The van der Waals surface area contributed by atoms with E-state index in [0.29, 0.717) is 35.1 Å². The molecule has 0 radical (unpaired) electrons. The Morgan fingerprint density at radius 1 is 1.55 bits per heavy atom. The molecule has 0 bridgehead atoms. The fourth-order valence-corrected chi connectivity index (χ4v) is 2.13. The van der Waals surface area contributed by atoms with E-state index in [1.54, 1.807) is 18.2 Å². The largest absolute Gasteiger partial charge is 0.468 e. The van der Waals surface area contributed by atoms with Gasteiger partial charge in [0.25, 0.3) is 0 Å². The topological polar surface area (TPSA) is 87.1 Å². The monoisotopic (exact) mass is 316 g/mol. The summed E-state index contributed by atoms with van der Waals surface area (Å²) >= 11 is 11.9. The van der Waals surface area contributed by atoms with Crippen LogP contribution in [-0.4, -0.2) is 26.2 Å². The highest BCUT2D eigenvalue weighted by Gasteiger charge is 2.23. The van der Waals surface area contributed by atoms with Crippen LogP contribution in [0.2, 0.25) is 10.0 Å². The van der Waals surface area contributed by atoms with Gasteiger partial charge in [-0.05, 0) is 36.2 Å². The molecule has 0 saturated carbocycles. The third kappa shape index (κ3) is 4.90. The minimum absolute atomic E-state index is 0.353. The Hall–Kier alpha value is -1.46. The van der Waals surface area contributed by atoms with Gasteiger partial charge in [0.15, 0.2) is 0 Å². The van der Waals surface area contributed by atoms with Gasteiger partial charge in [0.05, 0.1) is 7.11 Å². The zero-order chi connectivity index (χ0) is 15.0. The lowest BCUT2D eigenvalue weighted by Crippen LogP contribution is -2.31. The van der Waals surface area contributed by atoms with Gasteiger partial charge in [0, 0.05) is 21.5 Å². The van der Waals surface area contributed by atoms with Crippen LogP contribution < -0.4 is 5.32 Å². The van der Waals surface area contributed by atoms with Crippen LogP contribution in [0.4, 0.5) is 0 Å². The minimum Gasteiger partial charge on any atom is -0.468 e. The zero-order valence-electron chi connectivity index (χ0n) is 10.8. The van der Waals surface area contributed by atoms with Gasteiger partial charge in [-0.15, -0.1) is 0 Å². The normalized spacial score (nSPS) is 11.6. The van der Waals surface area contributed by atoms with Crippen molar-refractivity contribution >= 4 is 29.2 Å². The summed E-state index contributed by atoms with van der Waals surface area (Å²) in [5, 5.41) is 7.31. The molecule has 0 fully saturated rings. The van der Waals surface area contributed by atoms with E-state index in [2.05, 4.69) is 15.3 Å². The molecule has 0 aliphatic rings. The first-order valence-electron chi connectivity index (χ1n) is 5.87. The molecule has 1 atom stereocenters. The van der Waals surface area contributed by atoms with Crippen molar-refractivity contribution in [3.63, 3.8) is 0 Å². The van der Waals surface area contributed by atoms with Crippen molar-refractivity contribution in [3.8, 4) is 0 Å². The highest BCUT2D eigenvalue weighted by molar-refractivity contribution is 6.35. The number of esters is 1. The first-order chi connectivity index (χ1) is 9.60. The molecule has 0 saturated heterocycles. The molecule has 1 aromatic rings. The molecule has 1 unspecified atom stereocenters. The summed E-state index contributed by atoms with van der Waals surface area (Å²) in [6.45, 7) is 0.837. The van der Waals surface area contributed by atoms with Crippen LogP contribution in [0.3, 0.4) is 0 Å². The summed E-state index contributed by atoms with van der Waals surface area (Å²) in [5.41, 5.74) is 8.76. The highest BCUT2D eigenvalue weighted by atomic mass is 35.5. The van der Waals surface area contributed by atoms with Crippen LogP contribution in [0.1, 0.15) is 18.0 Å². The number of methoxy groups -OCH3 is 1. The van der Waals surface area contributed by atoms with Gasteiger partial charge in [-0.3, -0.25) is 0 Å². The summed E-state index contributed by atoms with van der Waals surface area (Å²) in [5.74, 6) is -0.446. The smallest absolute Gasteiger partial charge is 0.327 e. The van der Waals surface area contributed by atoms with E-state index >= 15 is 0 Å². The van der Waals surface area contributed by atoms with Crippen molar-refractivity contribution in [2.24, 2.45) is 5.11 Å². The first kappa shape index (κ1) is 16.6. The number of nitrogens with zero attached hydrogens (tertiary/aromatic N) is 3. The second kappa shape index (κ2) is 8.66. The van der Waals surface area contributed by atoms with E-state index < -0.39 is 12.0 Å². The number of rotatable bonds is 7. The van der Waals surface area contributed by atoms with Crippen molar-refractivity contribution in [1.29, 1.82) is 0 Å². The third-order valence-corrected chi connectivity index (χ3v) is 3.12. The average molecular weight is 317 g/mol. The molecule has 0 aliphatic carbocycles. The Labute approximate surface area is 126 Å². The third-order valence-electron chi connectivity index (χ3n) is 2.56. The van der Waals surface area contributed by atoms with Crippen molar-refractivity contribution in [3.05, 3.63) is 44.3 Å². The van der Waals surface area contributed by atoms with E-state index in [9.17, 15) is 4.79 Å². The number of carbonyl (C=O) groups excluding carboxylic acids is 1. The van der Waals surface area contributed by atoms with Crippen molar-refractivity contribution in [2.45, 2.75) is 12.5 Å². The van der Waals surface area contributed by atoms with Gasteiger partial charge in [0.1, 0.15) is 6.04 Å². The first-order valence-corrected chi connectivity index (χ1v) is 6.62. The van der Waals surface area contributed by atoms with E-state index in [-0.39, 0.29) is 0 Å². The van der Waals surface area contributed by atoms with Crippen LogP contribution >= 0.6 is 23.2 Å². The molecule has 8 heteroatoms. The van der Waals surface area contributed by atoms with Gasteiger partial charge >= 0.3 is 5.97 Å². The summed E-state index contributed by atoms with van der Waals surface area (Å²) in [4.78, 5) is 14.5. The molecule has 0 aromatic heterocycles. The van der Waals surface area contributed by atoms with Gasteiger partial charge in [-0.2, -0.15) is 0 Å². The van der Waals surface area contributed by atoms with Crippen molar-refractivity contribution < 1.29 is 9.53 Å². The van der Waals surface area contributed by atoms with Crippen LogP contribution in [0.15, 0.2) is 23.3 Å². The molecule has 6 nitrogen and oxygen atoms in total. The Balaban J connectivity index is 2.78. The SMILES string of the molecule is COC(=O)C(NCCCN=[N+]=[N-])c1ccc(Cl)cc1Cl. The predicted molar refractivity (Wildman–Crippen MR) is 77.9 cm³/mol. The lowest BCUT2D eigenvalue weighted by Gasteiger charge is -2.18. The average Bonchev–Trinajstić information content (AvgIpc) is 2.43. The van der Waals surface area contributed by atoms with Crippen LogP contribution in [0, 0.1) is 0 Å². The van der Waals surface area contributed by atoms with Gasteiger partial charge < -0.3 is 10.1 Å². The molecule has 20 heavy (non-hydrogen) atoms. The molecule has 0 heterocycles. The Morgan fingerprint density at radius 3 is 2.90 bits per heavy atom. The number of halogens is 2. The standard InChI is InChI=1S/C12H14Cl2N4O2/c1-20-12(19)11(16-5-2-6-17-18-15)9-4-3-8(13)7-10(9)14/h3-4,7,11,16H,2,5-6H2,1H3. The number of azide groups is 1. The number of benzene rings is 1. The summed E-state index contributed by atoms with van der Waals surface area (Å²) in [6.07, 6.45) is 0.600. The van der Waals surface area contributed by atoms with Gasteiger partial charge in [0.2, 0.25) is 0 Å². The highest BCUT2D eigenvalue weighted by Crippen LogP contribution is 2.27. The predicted octanol–water partition coefficient (Wildman–Crippen LogP) is 3.50. The lowest BCUT2D eigenvalue weighted by atomic mass is 10.1. The molecule has 0 amide bonds. The summed E-state index contributed by atoms with van der Waals surface area (Å²) < 4.78 is 4.76. The maximum absolute atomic E-state index is 11.8. The Morgan fingerprint density at radius 2 is 2.30 bits per heavy atom. The fourth-order valence-electron chi connectivity index (χ4n) is 1.61.